The first-order valence-electron chi connectivity index (χ1n) is 11.6. The Hall–Kier alpha value is -4.49. The molecule has 1 N–H and O–H groups in total. The number of aromatic nitrogens is 1. The summed E-state index contributed by atoms with van der Waals surface area (Å²) in [6.45, 7) is 0. The molecule has 0 saturated heterocycles. The van der Waals surface area contributed by atoms with Crippen LogP contribution in [0.5, 0.6) is 5.75 Å². The first-order valence-corrected chi connectivity index (χ1v) is 11.9. The number of ether oxygens (including phenoxy) is 1. The summed E-state index contributed by atoms with van der Waals surface area (Å²) in [6, 6.07) is 20.4. The number of carbonyl (C=O) groups is 2. The van der Waals surface area contributed by atoms with E-state index >= 15 is 0 Å². The van der Waals surface area contributed by atoms with Gasteiger partial charge < -0.3 is 18.8 Å². The van der Waals surface area contributed by atoms with Gasteiger partial charge in [0.1, 0.15) is 0 Å². The van der Waals surface area contributed by atoms with Gasteiger partial charge in [-0.05, 0) is 36.4 Å². The number of ketones is 1. The average molecular weight is 513 g/mol. The third-order valence-corrected chi connectivity index (χ3v) is 6.95. The van der Waals surface area contributed by atoms with E-state index in [1.54, 1.807) is 48.5 Å². The molecule has 1 aliphatic rings. The fourth-order valence-corrected chi connectivity index (χ4v) is 5.24. The zero-order valence-corrected chi connectivity index (χ0v) is 20.7. The van der Waals surface area contributed by atoms with E-state index in [1.807, 2.05) is 42.1 Å². The lowest BCUT2D eigenvalue weighted by molar-refractivity contribution is -0.117. The van der Waals surface area contributed by atoms with Gasteiger partial charge in [0, 0.05) is 45.8 Å². The molecule has 1 unspecified atom stereocenters. The number of nitrogens with zero attached hydrogens (tertiary/aromatic N) is 2. The third-order valence-electron chi connectivity index (χ3n) is 6.71. The van der Waals surface area contributed by atoms with Crippen molar-refractivity contribution in [1.82, 2.24) is 4.57 Å². The number of anilines is 1. The summed E-state index contributed by atoms with van der Waals surface area (Å²) in [4.78, 5) is 28.9. The number of benzene rings is 3. The van der Waals surface area contributed by atoms with Crippen molar-refractivity contribution in [3.63, 3.8) is 0 Å². The maximum atomic E-state index is 14.0. The van der Waals surface area contributed by atoms with Crippen LogP contribution in [0.3, 0.4) is 0 Å². The smallest absolute Gasteiger partial charge is 0.294 e. The van der Waals surface area contributed by atoms with Crippen molar-refractivity contribution >= 4 is 50.9 Å². The van der Waals surface area contributed by atoms with E-state index in [9.17, 15) is 14.7 Å². The molecule has 6 rings (SSSR count). The Morgan fingerprint density at radius 3 is 2.62 bits per heavy atom. The van der Waals surface area contributed by atoms with Crippen molar-refractivity contribution in [1.29, 1.82) is 0 Å². The van der Waals surface area contributed by atoms with Gasteiger partial charge in [-0.15, -0.1) is 0 Å². The van der Waals surface area contributed by atoms with Crippen LogP contribution in [-0.2, 0) is 11.8 Å². The van der Waals surface area contributed by atoms with Crippen LogP contribution in [0.15, 0.2) is 94.7 Å². The minimum atomic E-state index is -0.917. The summed E-state index contributed by atoms with van der Waals surface area (Å²) in [5.41, 5.74) is 2.40. The van der Waals surface area contributed by atoms with E-state index in [0.717, 1.165) is 10.9 Å². The lowest BCUT2D eigenvalue weighted by Crippen LogP contribution is -2.31. The molecule has 0 saturated carbocycles. The van der Waals surface area contributed by atoms with E-state index in [-0.39, 0.29) is 11.3 Å². The predicted octanol–water partition coefficient (Wildman–Crippen LogP) is 6.37. The fraction of sp³-hybridized carbons (Fsp3) is 0.103. The van der Waals surface area contributed by atoms with Crippen molar-refractivity contribution in [2.24, 2.45) is 7.05 Å². The van der Waals surface area contributed by atoms with Crippen molar-refractivity contribution < 1.29 is 23.8 Å². The molecule has 0 aliphatic carbocycles. The molecule has 1 amide bonds. The van der Waals surface area contributed by atoms with Gasteiger partial charge in [0.25, 0.3) is 5.91 Å². The molecule has 0 spiro atoms. The van der Waals surface area contributed by atoms with Crippen LogP contribution in [0.25, 0.3) is 21.9 Å². The largest absolute Gasteiger partial charge is 0.503 e. The summed E-state index contributed by atoms with van der Waals surface area (Å²) in [5.74, 6) is -1.45. The number of rotatable bonds is 5. The van der Waals surface area contributed by atoms with E-state index in [1.165, 1.54) is 12.0 Å². The van der Waals surface area contributed by atoms with Gasteiger partial charge in [-0.25, -0.2) is 0 Å². The highest BCUT2D eigenvalue weighted by Crippen LogP contribution is 2.45. The number of para-hydroxylation sites is 2. The zero-order valence-electron chi connectivity index (χ0n) is 19.9. The van der Waals surface area contributed by atoms with Crippen molar-refractivity contribution in [3.8, 4) is 5.75 Å². The number of amides is 1. The Morgan fingerprint density at radius 1 is 1.05 bits per heavy atom. The number of methoxy groups -OCH3 is 1. The van der Waals surface area contributed by atoms with Crippen molar-refractivity contribution in [2.45, 2.75) is 6.04 Å². The van der Waals surface area contributed by atoms with Crippen LogP contribution in [0.2, 0.25) is 5.02 Å². The van der Waals surface area contributed by atoms with Crippen LogP contribution < -0.4 is 9.64 Å². The van der Waals surface area contributed by atoms with Crippen LogP contribution >= 0.6 is 11.6 Å². The quantitative estimate of drug-likeness (QED) is 0.277. The number of hydrogen-bond donors (Lipinski definition) is 1. The molecule has 1 atom stereocenters. The normalized spacial score (nSPS) is 15.8. The zero-order chi connectivity index (χ0) is 25.8. The number of halogens is 1. The van der Waals surface area contributed by atoms with Crippen LogP contribution in [0, 0.1) is 0 Å². The molecular formula is C29H21ClN2O5. The van der Waals surface area contributed by atoms with Gasteiger partial charge in [-0.2, -0.15) is 0 Å². The van der Waals surface area contributed by atoms with Crippen LogP contribution in [-0.4, -0.2) is 28.5 Å². The molecule has 37 heavy (non-hydrogen) atoms. The molecular weight excluding hydrogens is 492 g/mol. The average Bonchev–Trinajstić information content (AvgIpc) is 3.56. The maximum absolute atomic E-state index is 14.0. The SMILES string of the molecule is COc1cccc2cc(C(=O)C3=C(O)C(=O)N(c4cccc(Cl)c4)C3c3cn(C)c4ccccc34)oc12. The highest BCUT2D eigenvalue weighted by atomic mass is 35.5. The van der Waals surface area contributed by atoms with Gasteiger partial charge in [0.2, 0.25) is 5.78 Å². The predicted molar refractivity (Wildman–Crippen MR) is 141 cm³/mol. The first kappa shape index (κ1) is 22.9. The monoisotopic (exact) mass is 512 g/mol. The van der Waals surface area contributed by atoms with Crippen molar-refractivity contribution in [2.75, 3.05) is 12.0 Å². The van der Waals surface area contributed by atoms with Gasteiger partial charge in [-0.3, -0.25) is 14.5 Å². The number of furan rings is 1. The minimum absolute atomic E-state index is 0.00738. The second-order valence-electron chi connectivity index (χ2n) is 8.85. The Bertz CT molecular complexity index is 1760. The second kappa shape index (κ2) is 8.57. The number of aryl methyl sites for hydroxylation is 1. The fourth-order valence-electron chi connectivity index (χ4n) is 5.06. The summed E-state index contributed by atoms with van der Waals surface area (Å²) in [7, 11) is 3.41. The van der Waals surface area contributed by atoms with E-state index in [2.05, 4.69) is 0 Å². The number of hydrogen-bond acceptors (Lipinski definition) is 5. The number of carbonyl (C=O) groups excluding carboxylic acids is 2. The molecule has 8 heteroatoms. The molecule has 184 valence electrons. The summed E-state index contributed by atoms with van der Waals surface area (Å²) in [5, 5.41) is 13.1. The lowest BCUT2D eigenvalue weighted by atomic mass is 9.94. The third kappa shape index (κ3) is 3.50. The summed E-state index contributed by atoms with van der Waals surface area (Å²) < 4.78 is 13.2. The molecule has 2 aromatic heterocycles. The van der Waals surface area contributed by atoms with Crippen molar-refractivity contribution in [3.05, 3.63) is 107 Å². The number of aliphatic hydroxyl groups excluding tert-OH is 1. The molecule has 0 radical (unpaired) electrons. The van der Waals surface area contributed by atoms with E-state index < -0.39 is 23.5 Å². The number of fused-ring (bicyclic) bond motifs is 2. The molecule has 3 heterocycles. The van der Waals surface area contributed by atoms with Crippen LogP contribution in [0.4, 0.5) is 5.69 Å². The molecule has 1 aliphatic heterocycles. The van der Waals surface area contributed by atoms with Crippen LogP contribution in [0.1, 0.15) is 22.2 Å². The highest BCUT2D eigenvalue weighted by Gasteiger charge is 2.46. The highest BCUT2D eigenvalue weighted by molar-refractivity contribution is 6.31. The second-order valence-corrected chi connectivity index (χ2v) is 9.29. The number of Topliss-reactive ketones (excluding diaryl/α,β-unsaturated/α-hetero) is 1. The Labute approximate surface area is 216 Å². The number of aliphatic hydroxyl groups is 1. The molecule has 3 aromatic carbocycles. The van der Waals surface area contributed by atoms with E-state index in [0.29, 0.717) is 33.0 Å². The Balaban J connectivity index is 1.57. The molecule has 0 fully saturated rings. The minimum Gasteiger partial charge on any atom is -0.503 e. The Kier molecular flexibility index (Phi) is 5.31. The molecule has 7 nitrogen and oxygen atoms in total. The van der Waals surface area contributed by atoms with E-state index in [4.69, 9.17) is 20.8 Å². The lowest BCUT2D eigenvalue weighted by Gasteiger charge is -2.26. The standard InChI is InChI=1S/C29H21ClN2O5/c1-31-15-20(19-10-3-4-11-21(19)31)25-24(27(34)29(35)32(25)18-9-6-8-17(30)14-18)26(33)23-13-16-7-5-12-22(36-2)28(16)37-23/h3-15,25,34H,1-2H3. The van der Waals surface area contributed by atoms with Gasteiger partial charge in [0.15, 0.2) is 22.9 Å². The van der Waals surface area contributed by atoms with Gasteiger partial charge in [0.05, 0.1) is 18.7 Å². The molecule has 5 aromatic rings. The van der Waals surface area contributed by atoms with Gasteiger partial charge >= 0.3 is 0 Å². The summed E-state index contributed by atoms with van der Waals surface area (Å²) in [6.07, 6.45) is 1.87. The Morgan fingerprint density at radius 2 is 1.84 bits per heavy atom. The topological polar surface area (TPSA) is 84.9 Å². The van der Waals surface area contributed by atoms with Gasteiger partial charge in [-0.1, -0.05) is 48.0 Å². The maximum Gasteiger partial charge on any atom is 0.294 e. The first-order chi connectivity index (χ1) is 17.9. The molecule has 0 bridgehead atoms. The summed E-state index contributed by atoms with van der Waals surface area (Å²) >= 11 is 6.26.